The molecule has 0 aromatic carbocycles. The van der Waals surface area contributed by atoms with Gasteiger partial charge in [-0.1, -0.05) is 13.8 Å². The van der Waals surface area contributed by atoms with Crippen LogP contribution in [0.3, 0.4) is 0 Å². The number of rotatable bonds is 4. The van der Waals surface area contributed by atoms with E-state index in [1.54, 1.807) is 6.33 Å². The lowest BCUT2D eigenvalue weighted by Crippen LogP contribution is -2.42. The van der Waals surface area contributed by atoms with E-state index in [1.807, 2.05) is 22.7 Å². The summed E-state index contributed by atoms with van der Waals surface area (Å²) in [6.07, 6.45) is 5.00. The number of hydrogen-bond acceptors (Lipinski definition) is 4. The van der Waals surface area contributed by atoms with E-state index in [0.29, 0.717) is 25.0 Å². The van der Waals surface area contributed by atoms with E-state index in [-0.39, 0.29) is 18.0 Å². The van der Waals surface area contributed by atoms with Crippen LogP contribution in [0.5, 0.6) is 0 Å². The number of likely N-dealkylation sites (tertiary alicyclic amines) is 2. The monoisotopic (exact) mass is 334 g/mol. The SMILES string of the molecule is Cn1cnc([C@@H]2CN(C(=O)NCCN3CCC(C)(C)C3)C[C@H]2N)c1. The fourth-order valence-electron chi connectivity index (χ4n) is 3.78. The van der Waals surface area contributed by atoms with Crippen molar-refractivity contribution in [1.29, 1.82) is 0 Å². The van der Waals surface area contributed by atoms with E-state index < -0.39 is 0 Å². The zero-order valence-electron chi connectivity index (χ0n) is 15.0. The number of carbonyl (C=O) groups is 1. The Morgan fingerprint density at radius 2 is 2.25 bits per heavy atom. The summed E-state index contributed by atoms with van der Waals surface area (Å²) >= 11 is 0. The maximum absolute atomic E-state index is 12.4. The van der Waals surface area contributed by atoms with Crippen LogP contribution in [0.4, 0.5) is 4.79 Å². The van der Waals surface area contributed by atoms with Gasteiger partial charge in [0.1, 0.15) is 0 Å². The highest BCUT2D eigenvalue weighted by atomic mass is 16.2. The van der Waals surface area contributed by atoms with Crippen LogP contribution in [0.1, 0.15) is 31.9 Å². The molecule has 1 aromatic rings. The number of aromatic nitrogens is 2. The Labute approximate surface area is 144 Å². The molecule has 0 saturated carbocycles. The fraction of sp³-hybridized carbons (Fsp3) is 0.765. The van der Waals surface area contributed by atoms with Gasteiger partial charge in [0.05, 0.1) is 12.0 Å². The van der Waals surface area contributed by atoms with Crippen molar-refractivity contribution in [2.75, 3.05) is 39.3 Å². The van der Waals surface area contributed by atoms with E-state index in [0.717, 1.165) is 25.3 Å². The third-order valence-corrected chi connectivity index (χ3v) is 5.22. The third-order valence-electron chi connectivity index (χ3n) is 5.22. The second kappa shape index (κ2) is 6.72. The number of urea groups is 1. The minimum atomic E-state index is -0.0509. The highest BCUT2D eigenvalue weighted by molar-refractivity contribution is 5.74. The summed E-state index contributed by atoms with van der Waals surface area (Å²) in [5.74, 6) is 0.122. The van der Waals surface area contributed by atoms with Gasteiger partial charge < -0.3 is 25.4 Å². The average molecular weight is 334 g/mol. The van der Waals surface area contributed by atoms with Crippen LogP contribution in [0.15, 0.2) is 12.5 Å². The number of nitrogens with zero attached hydrogens (tertiary/aromatic N) is 4. The first kappa shape index (κ1) is 17.2. The Morgan fingerprint density at radius 3 is 2.88 bits per heavy atom. The molecule has 3 heterocycles. The van der Waals surface area contributed by atoms with Gasteiger partial charge in [-0.25, -0.2) is 9.78 Å². The Morgan fingerprint density at radius 1 is 1.46 bits per heavy atom. The van der Waals surface area contributed by atoms with Crippen molar-refractivity contribution >= 4 is 6.03 Å². The summed E-state index contributed by atoms with van der Waals surface area (Å²) in [5, 5.41) is 3.04. The standard InChI is InChI=1S/C17H30N6O/c1-17(2)4-6-22(11-17)7-5-19-16(24)23-8-13(14(18)9-23)15-10-21(3)12-20-15/h10,12-14H,4-9,11,18H2,1-3H3,(H,19,24)/t13-,14-/m1/s1. The summed E-state index contributed by atoms with van der Waals surface area (Å²) in [7, 11) is 1.95. The zero-order chi connectivity index (χ0) is 17.3. The molecule has 2 amide bonds. The van der Waals surface area contributed by atoms with Gasteiger partial charge in [0.15, 0.2) is 0 Å². The minimum absolute atomic E-state index is 0.0117. The first-order chi connectivity index (χ1) is 11.3. The Hall–Kier alpha value is -1.60. The molecule has 3 N–H and O–H groups in total. The molecule has 2 aliphatic rings. The van der Waals surface area contributed by atoms with Crippen LogP contribution in [0.2, 0.25) is 0 Å². The molecule has 2 aliphatic heterocycles. The van der Waals surface area contributed by atoms with Crippen LogP contribution in [-0.4, -0.2) is 70.7 Å². The highest BCUT2D eigenvalue weighted by Crippen LogP contribution is 2.28. The van der Waals surface area contributed by atoms with Crippen LogP contribution in [0, 0.1) is 5.41 Å². The minimum Gasteiger partial charge on any atom is -0.340 e. The van der Waals surface area contributed by atoms with Crippen molar-refractivity contribution in [1.82, 2.24) is 24.7 Å². The van der Waals surface area contributed by atoms with E-state index >= 15 is 0 Å². The Balaban J connectivity index is 1.44. The highest BCUT2D eigenvalue weighted by Gasteiger charge is 2.35. The van der Waals surface area contributed by atoms with Gasteiger partial charge >= 0.3 is 6.03 Å². The smallest absolute Gasteiger partial charge is 0.317 e. The number of imidazole rings is 1. The largest absolute Gasteiger partial charge is 0.340 e. The molecule has 2 saturated heterocycles. The van der Waals surface area contributed by atoms with Crippen LogP contribution < -0.4 is 11.1 Å². The van der Waals surface area contributed by atoms with Crippen molar-refractivity contribution < 1.29 is 4.79 Å². The van der Waals surface area contributed by atoms with Crippen LogP contribution in [-0.2, 0) is 7.05 Å². The van der Waals surface area contributed by atoms with Crippen molar-refractivity contribution in [2.24, 2.45) is 18.2 Å². The molecule has 0 spiro atoms. The maximum atomic E-state index is 12.4. The number of hydrogen-bond donors (Lipinski definition) is 2. The van der Waals surface area contributed by atoms with Crippen molar-refractivity contribution in [3.63, 3.8) is 0 Å². The second-order valence-corrected chi connectivity index (χ2v) is 8.06. The molecule has 2 atom stereocenters. The molecule has 0 bridgehead atoms. The first-order valence-corrected chi connectivity index (χ1v) is 8.83. The van der Waals surface area contributed by atoms with E-state index in [9.17, 15) is 4.79 Å². The zero-order valence-corrected chi connectivity index (χ0v) is 15.0. The summed E-state index contributed by atoms with van der Waals surface area (Å²) in [6.45, 7) is 9.67. The lowest BCUT2D eigenvalue weighted by Gasteiger charge is -2.21. The van der Waals surface area contributed by atoms with Gasteiger partial charge in [-0.2, -0.15) is 0 Å². The molecule has 134 valence electrons. The number of nitrogens with one attached hydrogen (secondary N) is 1. The lowest BCUT2D eigenvalue weighted by molar-refractivity contribution is 0.205. The van der Waals surface area contributed by atoms with E-state index in [4.69, 9.17) is 5.73 Å². The van der Waals surface area contributed by atoms with Crippen molar-refractivity contribution in [2.45, 2.75) is 32.2 Å². The number of amides is 2. The molecule has 0 unspecified atom stereocenters. The third kappa shape index (κ3) is 3.89. The molecule has 0 aliphatic carbocycles. The summed E-state index contributed by atoms with van der Waals surface area (Å²) in [5.41, 5.74) is 7.60. The van der Waals surface area contributed by atoms with Crippen molar-refractivity contribution in [3.05, 3.63) is 18.2 Å². The predicted molar refractivity (Wildman–Crippen MR) is 93.7 cm³/mol. The molecule has 7 heteroatoms. The lowest BCUT2D eigenvalue weighted by atomic mass is 9.93. The Bertz CT molecular complexity index is 583. The second-order valence-electron chi connectivity index (χ2n) is 8.06. The average Bonchev–Trinajstić information content (AvgIpc) is 3.18. The van der Waals surface area contributed by atoms with E-state index in [1.165, 1.54) is 6.42 Å². The van der Waals surface area contributed by atoms with Gasteiger partial charge in [0, 0.05) is 57.9 Å². The van der Waals surface area contributed by atoms with Gasteiger partial charge in [0.25, 0.3) is 0 Å². The summed E-state index contributed by atoms with van der Waals surface area (Å²) < 4.78 is 1.92. The summed E-state index contributed by atoms with van der Waals surface area (Å²) in [4.78, 5) is 21.0. The van der Waals surface area contributed by atoms with E-state index in [2.05, 4.69) is 29.0 Å². The van der Waals surface area contributed by atoms with Crippen molar-refractivity contribution in [3.8, 4) is 0 Å². The number of aryl methyl sites for hydroxylation is 1. The molecule has 2 fully saturated rings. The number of carbonyl (C=O) groups excluding carboxylic acids is 1. The molecule has 24 heavy (non-hydrogen) atoms. The van der Waals surface area contributed by atoms with Gasteiger partial charge in [-0.3, -0.25) is 0 Å². The Kier molecular flexibility index (Phi) is 4.83. The van der Waals surface area contributed by atoms with Crippen LogP contribution >= 0.6 is 0 Å². The van der Waals surface area contributed by atoms with Gasteiger partial charge in [-0.05, 0) is 18.4 Å². The molecule has 3 rings (SSSR count). The molecule has 1 aromatic heterocycles. The topological polar surface area (TPSA) is 79.4 Å². The molecule has 0 radical (unpaired) electrons. The fourth-order valence-corrected chi connectivity index (χ4v) is 3.78. The van der Waals surface area contributed by atoms with Crippen LogP contribution in [0.25, 0.3) is 0 Å². The van der Waals surface area contributed by atoms with Gasteiger partial charge in [-0.15, -0.1) is 0 Å². The molecular formula is C17H30N6O. The maximum Gasteiger partial charge on any atom is 0.317 e. The first-order valence-electron chi connectivity index (χ1n) is 8.83. The normalized spacial score (nSPS) is 26.9. The molecule has 7 nitrogen and oxygen atoms in total. The predicted octanol–water partition coefficient (Wildman–Crippen LogP) is 0.588. The molecular weight excluding hydrogens is 304 g/mol. The summed E-state index contributed by atoms with van der Waals surface area (Å²) in [6, 6.07) is -0.0626. The quantitative estimate of drug-likeness (QED) is 0.844. The number of nitrogens with two attached hydrogens (primary N) is 1. The van der Waals surface area contributed by atoms with Gasteiger partial charge in [0.2, 0.25) is 0 Å².